The molecule has 0 saturated heterocycles. The van der Waals surface area contributed by atoms with Gasteiger partial charge in [0.2, 0.25) is 0 Å². The highest BCUT2D eigenvalue weighted by molar-refractivity contribution is 5.27. The summed E-state index contributed by atoms with van der Waals surface area (Å²) in [5.74, 6) is 1.22. The highest BCUT2D eigenvalue weighted by atomic mass is 16.5. The Morgan fingerprint density at radius 1 is 1.20 bits per heavy atom. The standard InChI is InChI=1S/C16H28N2O2/c1-7-19-16(11(2)3)15(17-6)13-8-14(10-18-9-13)20-12(4)5/h8-12,15-17H,7H2,1-6H3. The predicted molar refractivity (Wildman–Crippen MR) is 82.1 cm³/mol. The molecule has 2 unspecified atom stereocenters. The highest BCUT2D eigenvalue weighted by Crippen LogP contribution is 2.26. The van der Waals surface area contributed by atoms with Gasteiger partial charge in [0.1, 0.15) is 5.75 Å². The smallest absolute Gasteiger partial charge is 0.138 e. The molecule has 0 amide bonds. The molecule has 20 heavy (non-hydrogen) atoms. The second-order valence-electron chi connectivity index (χ2n) is 5.55. The molecule has 0 radical (unpaired) electrons. The Balaban J connectivity index is 2.98. The molecule has 0 aliphatic heterocycles. The largest absolute Gasteiger partial charge is 0.489 e. The lowest BCUT2D eigenvalue weighted by molar-refractivity contribution is 0.00447. The number of ether oxygens (including phenoxy) is 2. The van der Waals surface area contributed by atoms with Gasteiger partial charge >= 0.3 is 0 Å². The summed E-state index contributed by atoms with van der Waals surface area (Å²) in [7, 11) is 1.95. The number of likely N-dealkylation sites (N-methyl/N-ethyl adjacent to an activating group) is 1. The fourth-order valence-corrected chi connectivity index (χ4v) is 2.33. The van der Waals surface area contributed by atoms with Crippen molar-refractivity contribution in [1.82, 2.24) is 10.3 Å². The molecule has 1 aromatic rings. The van der Waals surface area contributed by atoms with Crippen molar-refractivity contribution in [3.63, 3.8) is 0 Å². The molecule has 0 saturated carbocycles. The number of aromatic nitrogens is 1. The molecule has 0 spiro atoms. The molecular formula is C16H28N2O2. The number of pyridine rings is 1. The molecule has 2 atom stereocenters. The summed E-state index contributed by atoms with van der Waals surface area (Å²) in [6.07, 6.45) is 3.89. The molecule has 1 heterocycles. The van der Waals surface area contributed by atoms with Crippen molar-refractivity contribution in [3.05, 3.63) is 24.0 Å². The Morgan fingerprint density at radius 2 is 1.90 bits per heavy atom. The Morgan fingerprint density at radius 3 is 2.40 bits per heavy atom. The van der Waals surface area contributed by atoms with Crippen LogP contribution in [-0.2, 0) is 4.74 Å². The van der Waals surface area contributed by atoms with Gasteiger partial charge in [0.05, 0.1) is 24.4 Å². The topological polar surface area (TPSA) is 43.4 Å². The van der Waals surface area contributed by atoms with E-state index in [4.69, 9.17) is 9.47 Å². The summed E-state index contributed by atoms with van der Waals surface area (Å²) in [5.41, 5.74) is 1.10. The average Bonchev–Trinajstić information content (AvgIpc) is 2.38. The van der Waals surface area contributed by atoms with Crippen LogP contribution in [0.15, 0.2) is 18.5 Å². The van der Waals surface area contributed by atoms with E-state index in [0.717, 1.165) is 11.3 Å². The number of hydrogen-bond donors (Lipinski definition) is 1. The van der Waals surface area contributed by atoms with Crippen molar-refractivity contribution in [2.24, 2.45) is 5.92 Å². The van der Waals surface area contributed by atoms with Crippen LogP contribution in [-0.4, -0.2) is 30.8 Å². The quantitative estimate of drug-likeness (QED) is 0.794. The Labute approximate surface area is 122 Å². The third-order valence-electron chi connectivity index (χ3n) is 3.12. The zero-order valence-corrected chi connectivity index (χ0v) is 13.5. The zero-order chi connectivity index (χ0) is 15.1. The average molecular weight is 280 g/mol. The molecule has 0 aliphatic rings. The van der Waals surface area contributed by atoms with E-state index < -0.39 is 0 Å². The summed E-state index contributed by atoms with van der Waals surface area (Å²) in [4.78, 5) is 4.29. The zero-order valence-electron chi connectivity index (χ0n) is 13.5. The maximum absolute atomic E-state index is 5.90. The fourth-order valence-electron chi connectivity index (χ4n) is 2.33. The van der Waals surface area contributed by atoms with E-state index in [-0.39, 0.29) is 18.2 Å². The first kappa shape index (κ1) is 16.9. The minimum Gasteiger partial charge on any atom is -0.489 e. The summed E-state index contributed by atoms with van der Waals surface area (Å²) < 4.78 is 11.6. The SMILES string of the molecule is CCOC(C(C)C)C(NC)c1cncc(OC(C)C)c1. The van der Waals surface area contributed by atoms with Gasteiger partial charge in [-0.2, -0.15) is 0 Å². The maximum atomic E-state index is 5.90. The lowest BCUT2D eigenvalue weighted by Gasteiger charge is -2.30. The molecule has 4 nitrogen and oxygen atoms in total. The fraction of sp³-hybridized carbons (Fsp3) is 0.688. The summed E-state index contributed by atoms with van der Waals surface area (Å²) in [5, 5.41) is 3.34. The van der Waals surface area contributed by atoms with Crippen LogP contribution in [0.5, 0.6) is 5.75 Å². The molecule has 0 aromatic carbocycles. The van der Waals surface area contributed by atoms with Gasteiger partial charge in [-0.15, -0.1) is 0 Å². The van der Waals surface area contributed by atoms with Crippen LogP contribution in [0.3, 0.4) is 0 Å². The van der Waals surface area contributed by atoms with Gasteiger partial charge in [-0.25, -0.2) is 0 Å². The van der Waals surface area contributed by atoms with Gasteiger partial charge in [-0.1, -0.05) is 13.8 Å². The van der Waals surface area contributed by atoms with Crippen molar-refractivity contribution in [1.29, 1.82) is 0 Å². The summed E-state index contributed by atoms with van der Waals surface area (Å²) in [6, 6.07) is 2.15. The minimum absolute atomic E-state index is 0.109. The molecule has 0 aliphatic carbocycles. The van der Waals surface area contributed by atoms with Crippen LogP contribution in [0.1, 0.15) is 46.2 Å². The van der Waals surface area contributed by atoms with E-state index in [0.29, 0.717) is 12.5 Å². The number of hydrogen-bond acceptors (Lipinski definition) is 4. The van der Waals surface area contributed by atoms with E-state index in [9.17, 15) is 0 Å². The molecule has 4 heteroatoms. The van der Waals surface area contributed by atoms with Crippen LogP contribution in [0.4, 0.5) is 0 Å². The van der Waals surface area contributed by atoms with Crippen molar-refractivity contribution >= 4 is 0 Å². The third-order valence-corrected chi connectivity index (χ3v) is 3.12. The Bertz CT molecular complexity index is 394. The second kappa shape index (κ2) is 8.22. The van der Waals surface area contributed by atoms with Crippen LogP contribution in [0, 0.1) is 5.92 Å². The second-order valence-corrected chi connectivity index (χ2v) is 5.55. The Hall–Kier alpha value is -1.13. The van der Waals surface area contributed by atoms with Crippen LogP contribution in [0.25, 0.3) is 0 Å². The van der Waals surface area contributed by atoms with Gasteiger partial charge in [-0.05, 0) is 45.4 Å². The van der Waals surface area contributed by atoms with Gasteiger partial charge < -0.3 is 14.8 Å². The van der Waals surface area contributed by atoms with Crippen molar-refractivity contribution in [3.8, 4) is 5.75 Å². The monoisotopic (exact) mass is 280 g/mol. The molecule has 1 N–H and O–H groups in total. The molecule has 1 rings (SSSR count). The molecular weight excluding hydrogens is 252 g/mol. The first-order chi connectivity index (χ1) is 9.49. The van der Waals surface area contributed by atoms with Gasteiger partial charge in [-0.3, -0.25) is 4.98 Å². The van der Waals surface area contributed by atoms with Crippen molar-refractivity contribution in [2.45, 2.75) is 52.9 Å². The first-order valence-electron chi connectivity index (χ1n) is 7.40. The molecule has 0 bridgehead atoms. The van der Waals surface area contributed by atoms with E-state index in [2.05, 4.69) is 24.1 Å². The number of rotatable bonds is 8. The lowest BCUT2D eigenvalue weighted by atomic mass is 9.94. The van der Waals surface area contributed by atoms with Crippen LogP contribution < -0.4 is 10.1 Å². The first-order valence-corrected chi connectivity index (χ1v) is 7.40. The number of nitrogens with one attached hydrogen (secondary N) is 1. The minimum atomic E-state index is 0.109. The van der Waals surface area contributed by atoms with Crippen molar-refractivity contribution in [2.75, 3.05) is 13.7 Å². The summed E-state index contributed by atoms with van der Waals surface area (Å²) >= 11 is 0. The normalized spacial score (nSPS) is 14.6. The van der Waals surface area contributed by atoms with Crippen LogP contribution in [0.2, 0.25) is 0 Å². The Kier molecular flexibility index (Phi) is 6.96. The molecule has 114 valence electrons. The van der Waals surface area contributed by atoms with E-state index in [1.807, 2.05) is 40.1 Å². The van der Waals surface area contributed by atoms with Crippen LogP contribution >= 0.6 is 0 Å². The molecule has 0 fully saturated rings. The van der Waals surface area contributed by atoms with Gasteiger partial charge in [0.15, 0.2) is 0 Å². The highest BCUT2D eigenvalue weighted by Gasteiger charge is 2.25. The van der Waals surface area contributed by atoms with E-state index in [1.54, 1.807) is 6.20 Å². The van der Waals surface area contributed by atoms with Gasteiger partial charge in [0, 0.05) is 12.8 Å². The van der Waals surface area contributed by atoms with Gasteiger partial charge in [0.25, 0.3) is 0 Å². The van der Waals surface area contributed by atoms with E-state index in [1.165, 1.54) is 0 Å². The third kappa shape index (κ3) is 4.76. The molecule has 1 aromatic heterocycles. The predicted octanol–water partition coefficient (Wildman–Crippen LogP) is 3.19. The maximum Gasteiger partial charge on any atom is 0.138 e. The number of nitrogens with zero attached hydrogens (tertiary/aromatic N) is 1. The van der Waals surface area contributed by atoms with Crippen molar-refractivity contribution < 1.29 is 9.47 Å². The lowest BCUT2D eigenvalue weighted by Crippen LogP contribution is -2.35. The van der Waals surface area contributed by atoms with E-state index >= 15 is 0 Å². The summed E-state index contributed by atoms with van der Waals surface area (Å²) in [6.45, 7) is 11.1.